The summed E-state index contributed by atoms with van der Waals surface area (Å²) in [5.41, 5.74) is 0. The van der Waals surface area contributed by atoms with Crippen molar-refractivity contribution in [2.75, 3.05) is 13.2 Å². The summed E-state index contributed by atoms with van der Waals surface area (Å²) in [5.74, 6) is -0.134. The molecule has 9 heteroatoms. The third-order valence-electron chi connectivity index (χ3n) is 18.1. The highest BCUT2D eigenvalue weighted by Crippen LogP contribution is 2.24. The van der Waals surface area contributed by atoms with Crippen molar-refractivity contribution in [1.82, 2.24) is 5.32 Å². The highest BCUT2D eigenvalue weighted by Gasteiger charge is 2.44. The van der Waals surface area contributed by atoms with E-state index in [1.54, 1.807) is 0 Å². The van der Waals surface area contributed by atoms with Crippen LogP contribution in [0.15, 0.2) is 24.3 Å². The molecule has 0 saturated carbocycles. The van der Waals surface area contributed by atoms with Crippen molar-refractivity contribution in [2.24, 2.45) is 0 Å². The van der Waals surface area contributed by atoms with Gasteiger partial charge in [-0.1, -0.05) is 359 Å². The van der Waals surface area contributed by atoms with Crippen LogP contribution >= 0.6 is 0 Å². The van der Waals surface area contributed by atoms with Gasteiger partial charge >= 0.3 is 0 Å². The first-order valence-corrected chi connectivity index (χ1v) is 37.0. The molecule has 492 valence electrons. The molecule has 1 amide bonds. The summed E-state index contributed by atoms with van der Waals surface area (Å²) in [6.45, 7) is 3.89. The van der Waals surface area contributed by atoms with Gasteiger partial charge in [0.05, 0.1) is 25.4 Å². The fourth-order valence-corrected chi connectivity index (χ4v) is 12.3. The molecule has 7 atom stereocenters. The fourth-order valence-electron chi connectivity index (χ4n) is 12.3. The van der Waals surface area contributed by atoms with Crippen LogP contribution in [-0.2, 0) is 14.3 Å². The van der Waals surface area contributed by atoms with Gasteiger partial charge in [0.25, 0.3) is 0 Å². The summed E-state index contributed by atoms with van der Waals surface area (Å²) in [6, 6.07) is -0.717. The van der Waals surface area contributed by atoms with E-state index in [2.05, 4.69) is 43.5 Å². The number of unbranched alkanes of at least 4 members (excludes halogenated alkanes) is 52. The van der Waals surface area contributed by atoms with Gasteiger partial charge in [-0.05, 0) is 44.9 Å². The van der Waals surface area contributed by atoms with Gasteiger partial charge in [-0.2, -0.15) is 0 Å². The normalized spacial score (nSPS) is 18.3. The smallest absolute Gasteiger partial charge is 0.220 e. The second-order valence-corrected chi connectivity index (χ2v) is 26.1. The topological polar surface area (TPSA) is 149 Å². The Bertz CT molecular complexity index is 1360. The third kappa shape index (κ3) is 52.3. The Hall–Kier alpha value is -1.33. The monoisotopic (exact) mass is 1170 g/mol. The van der Waals surface area contributed by atoms with Crippen LogP contribution in [0.25, 0.3) is 0 Å². The minimum atomic E-state index is -1.55. The average molecular weight is 1170 g/mol. The van der Waals surface area contributed by atoms with Crippen molar-refractivity contribution in [3.63, 3.8) is 0 Å². The van der Waals surface area contributed by atoms with Gasteiger partial charge in [0.15, 0.2) is 6.29 Å². The second-order valence-electron chi connectivity index (χ2n) is 26.1. The number of ether oxygens (including phenoxy) is 2. The number of allylic oxidation sites excluding steroid dienone is 4. The molecule has 9 nitrogen and oxygen atoms in total. The van der Waals surface area contributed by atoms with Crippen LogP contribution in [-0.4, -0.2) is 87.5 Å². The molecule has 0 aliphatic carbocycles. The number of aliphatic hydroxyl groups is 5. The van der Waals surface area contributed by atoms with Crippen LogP contribution in [0.2, 0.25) is 0 Å². The Balaban J connectivity index is 2.05. The second kappa shape index (κ2) is 63.7. The standard InChI is InChI=1S/C74H143NO8/c1-3-5-7-9-11-13-15-17-19-21-23-25-27-28-29-30-31-32-33-34-35-36-37-38-39-40-42-44-46-48-50-52-54-56-58-60-62-64-70(78)75-67(66-82-74-73(81)72(80)71(79)69(65-76)83-74)68(77)63-61-59-57-55-53-51-49-47-45-43-41-26-24-22-20-18-16-14-12-10-8-6-4-2/h15,17,21,23,67-69,71-74,76-77,79-81H,3-14,16,18-20,22,24-66H2,1-2H3,(H,75,78)/b17-15-,23-21-. The Morgan fingerprint density at radius 1 is 0.410 bits per heavy atom. The van der Waals surface area contributed by atoms with Crippen LogP contribution < -0.4 is 5.32 Å². The van der Waals surface area contributed by atoms with Crippen LogP contribution in [0.3, 0.4) is 0 Å². The van der Waals surface area contributed by atoms with Crippen molar-refractivity contribution in [3.05, 3.63) is 24.3 Å². The Morgan fingerprint density at radius 3 is 1.04 bits per heavy atom. The molecular weight excluding hydrogens is 1030 g/mol. The van der Waals surface area contributed by atoms with E-state index in [9.17, 15) is 30.3 Å². The summed E-state index contributed by atoms with van der Waals surface area (Å²) in [7, 11) is 0. The maximum atomic E-state index is 13.2. The van der Waals surface area contributed by atoms with Gasteiger partial charge in [0.2, 0.25) is 5.91 Å². The summed E-state index contributed by atoms with van der Waals surface area (Å²) >= 11 is 0. The number of amides is 1. The lowest BCUT2D eigenvalue weighted by molar-refractivity contribution is -0.302. The molecular formula is C74H143NO8. The van der Waals surface area contributed by atoms with Crippen molar-refractivity contribution >= 4 is 5.91 Å². The molecule has 1 aliphatic rings. The first kappa shape index (κ1) is 79.7. The van der Waals surface area contributed by atoms with Gasteiger partial charge < -0.3 is 40.3 Å². The first-order chi connectivity index (χ1) is 40.8. The minimum Gasteiger partial charge on any atom is -0.394 e. The van der Waals surface area contributed by atoms with Gasteiger partial charge in [0.1, 0.15) is 24.4 Å². The molecule has 1 heterocycles. The van der Waals surface area contributed by atoms with Crippen molar-refractivity contribution in [2.45, 2.75) is 429 Å². The van der Waals surface area contributed by atoms with Crippen molar-refractivity contribution < 1.29 is 39.8 Å². The largest absolute Gasteiger partial charge is 0.394 e. The molecule has 1 fully saturated rings. The van der Waals surface area contributed by atoms with Gasteiger partial charge in [-0.15, -0.1) is 0 Å². The number of rotatable bonds is 66. The molecule has 0 aromatic heterocycles. The zero-order chi connectivity index (χ0) is 60.0. The number of carbonyl (C=O) groups excluding carboxylic acids is 1. The third-order valence-corrected chi connectivity index (χ3v) is 18.1. The van der Waals surface area contributed by atoms with Crippen LogP contribution in [0.1, 0.15) is 386 Å². The Kier molecular flexibility index (Phi) is 61.1. The summed E-state index contributed by atoms with van der Waals surface area (Å²) in [5, 5.41) is 55.0. The highest BCUT2D eigenvalue weighted by atomic mass is 16.7. The maximum Gasteiger partial charge on any atom is 0.220 e. The molecule has 0 radical (unpaired) electrons. The zero-order valence-electron chi connectivity index (χ0n) is 55.2. The molecule has 6 N–H and O–H groups in total. The van der Waals surface area contributed by atoms with Crippen molar-refractivity contribution in [3.8, 4) is 0 Å². The van der Waals surface area contributed by atoms with Crippen LogP contribution in [0, 0.1) is 0 Å². The van der Waals surface area contributed by atoms with E-state index in [0.717, 1.165) is 44.9 Å². The van der Waals surface area contributed by atoms with E-state index >= 15 is 0 Å². The molecule has 0 spiro atoms. The maximum absolute atomic E-state index is 13.2. The van der Waals surface area contributed by atoms with E-state index < -0.39 is 49.5 Å². The Labute approximate surface area is 515 Å². The molecule has 7 unspecified atom stereocenters. The summed E-state index contributed by atoms with van der Waals surface area (Å²) < 4.78 is 11.4. The molecule has 83 heavy (non-hydrogen) atoms. The van der Waals surface area contributed by atoms with E-state index in [4.69, 9.17) is 9.47 Å². The zero-order valence-corrected chi connectivity index (χ0v) is 55.2. The fraction of sp³-hybridized carbons (Fsp3) is 0.932. The predicted molar refractivity (Wildman–Crippen MR) is 355 cm³/mol. The average Bonchev–Trinajstić information content (AvgIpc) is 3.60. The van der Waals surface area contributed by atoms with Crippen molar-refractivity contribution in [1.29, 1.82) is 0 Å². The van der Waals surface area contributed by atoms with E-state index in [0.29, 0.717) is 12.8 Å². The molecule has 0 aromatic carbocycles. The number of carbonyl (C=O) groups is 1. The van der Waals surface area contributed by atoms with Crippen LogP contribution in [0.5, 0.6) is 0 Å². The molecule has 0 bridgehead atoms. The summed E-state index contributed by atoms with van der Waals surface area (Å²) in [6.07, 6.45) is 76.9. The van der Waals surface area contributed by atoms with Crippen LogP contribution in [0.4, 0.5) is 0 Å². The molecule has 1 saturated heterocycles. The highest BCUT2D eigenvalue weighted by molar-refractivity contribution is 5.76. The molecule has 1 rings (SSSR count). The lowest BCUT2D eigenvalue weighted by Crippen LogP contribution is -2.60. The minimum absolute atomic E-state index is 0.132. The van der Waals surface area contributed by atoms with E-state index in [1.807, 2.05) is 0 Å². The molecule has 0 aromatic rings. The molecule has 1 aliphatic heterocycles. The van der Waals surface area contributed by atoms with Gasteiger partial charge in [-0.3, -0.25) is 4.79 Å². The Morgan fingerprint density at radius 2 is 0.711 bits per heavy atom. The first-order valence-electron chi connectivity index (χ1n) is 37.0. The van der Waals surface area contributed by atoms with Gasteiger partial charge in [-0.25, -0.2) is 0 Å². The number of hydrogen-bond donors (Lipinski definition) is 6. The summed E-state index contributed by atoms with van der Waals surface area (Å²) in [4.78, 5) is 13.2. The predicted octanol–water partition coefficient (Wildman–Crippen LogP) is 20.4. The van der Waals surface area contributed by atoms with Gasteiger partial charge in [0, 0.05) is 6.42 Å². The number of nitrogens with one attached hydrogen (secondary N) is 1. The number of aliphatic hydroxyl groups excluding tert-OH is 5. The number of hydrogen-bond acceptors (Lipinski definition) is 8. The quantitative estimate of drug-likeness (QED) is 0.0261. The van der Waals surface area contributed by atoms with E-state index in [1.165, 1.54) is 315 Å². The lowest BCUT2D eigenvalue weighted by atomic mass is 9.99. The lowest BCUT2D eigenvalue weighted by Gasteiger charge is -2.40. The SMILES string of the molecule is CCCCCCC/C=C\C/C=C\CCCCCCCCCCCCCCCCCCCCCCCCCCCC(=O)NC(COC1OC(CO)C(O)C(O)C1O)C(O)CCCCCCCCCCCCCCCCCCCCCCCCC. The van der Waals surface area contributed by atoms with E-state index in [-0.39, 0.29) is 12.5 Å².